The third kappa shape index (κ3) is 2.39. The van der Waals surface area contributed by atoms with E-state index in [1.165, 1.54) is 0 Å². The predicted molar refractivity (Wildman–Crippen MR) is 74.1 cm³/mol. The fourth-order valence-corrected chi connectivity index (χ4v) is 2.08. The molecule has 2 amide bonds. The number of hydrogen-bond donors (Lipinski definition) is 1. The molecule has 0 saturated heterocycles. The second-order valence-electron chi connectivity index (χ2n) is 4.77. The van der Waals surface area contributed by atoms with Gasteiger partial charge >= 0.3 is 0 Å². The van der Waals surface area contributed by atoms with Crippen LogP contribution in [0.4, 0.5) is 0 Å². The predicted octanol–water partition coefficient (Wildman–Crippen LogP) is 2.13. The van der Waals surface area contributed by atoms with Gasteiger partial charge in [-0.2, -0.15) is 0 Å². The zero-order valence-corrected chi connectivity index (χ0v) is 11.7. The third-order valence-corrected chi connectivity index (χ3v) is 2.97. The van der Waals surface area contributed by atoms with Crippen LogP contribution in [-0.4, -0.2) is 34.5 Å². The highest BCUT2D eigenvalue weighted by atomic mass is 16.5. The first kappa shape index (κ1) is 14.1. The minimum atomic E-state index is -0.644. The van der Waals surface area contributed by atoms with Crippen LogP contribution in [0, 0.1) is 0 Å². The van der Waals surface area contributed by atoms with Gasteiger partial charge in [-0.1, -0.05) is 12.1 Å². The summed E-state index contributed by atoms with van der Waals surface area (Å²) in [5.74, 6) is -0.926. The molecule has 0 radical (unpaired) electrons. The normalized spacial score (nSPS) is 15.5. The number of amides is 2. The summed E-state index contributed by atoms with van der Waals surface area (Å²) in [5.41, 5.74) is 0.556. The summed E-state index contributed by atoms with van der Waals surface area (Å²) in [6, 6.07) is 6.74. The number of ether oxygens (including phenoxy) is 1. The maximum absolute atomic E-state index is 12.1. The highest BCUT2D eigenvalue weighted by Crippen LogP contribution is 2.29. The molecule has 20 heavy (non-hydrogen) atoms. The van der Waals surface area contributed by atoms with Crippen molar-refractivity contribution in [3.05, 3.63) is 35.6 Å². The Balaban J connectivity index is 2.32. The third-order valence-electron chi connectivity index (χ3n) is 2.97. The minimum Gasteiger partial charge on any atom is -0.502 e. The number of carbonyl (C=O) groups excluding carboxylic acids is 2. The SMILES string of the molecule is CCN1C(=O)C(O)=C(c2ccc(OC(C)C)cc2)C1=O. The summed E-state index contributed by atoms with van der Waals surface area (Å²) in [5, 5.41) is 9.83. The van der Waals surface area contributed by atoms with Gasteiger partial charge in [-0.05, 0) is 38.5 Å². The Kier molecular flexibility index (Phi) is 3.79. The Labute approximate surface area is 117 Å². The smallest absolute Gasteiger partial charge is 0.296 e. The lowest BCUT2D eigenvalue weighted by Gasteiger charge is -2.11. The second-order valence-corrected chi connectivity index (χ2v) is 4.77. The van der Waals surface area contributed by atoms with Crippen molar-refractivity contribution in [1.29, 1.82) is 0 Å². The van der Waals surface area contributed by atoms with E-state index in [2.05, 4.69) is 0 Å². The molecular formula is C15H17NO4. The molecule has 2 rings (SSSR count). The van der Waals surface area contributed by atoms with E-state index in [4.69, 9.17) is 4.74 Å². The molecule has 5 nitrogen and oxygen atoms in total. The van der Waals surface area contributed by atoms with Gasteiger partial charge in [-0.15, -0.1) is 0 Å². The Morgan fingerprint density at radius 3 is 2.20 bits per heavy atom. The molecule has 0 unspecified atom stereocenters. The number of nitrogens with zero attached hydrogens (tertiary/aromatic N) is 1. The molecular weight excluding hydrogens is 258 g/mol. The van der Waals surface area contributed by atoms with Crippen LogP contribution >= 0.6 is 0 Å². The summed E-state index contributed by atoms with van der Waals surface area (Å²) in [4.78, 5) is 24.8. The fraction of sp³-hybridized carbons (Fsp3) is 0.333. The molecule has 5 heteroatoms. The molecule has 0 atom stereocenters. The van der Waals surface area contributed by atoms with Crippen LogP contribution in [0.2, 0.25) is 0 Å². The van der Waals surface area contributed by atoms with Gasteiger partial charge in [0.2, 0.25) is 0 Å². The molecule has 0 saturated carbocycles. The van der Waals surface area contributed by atoms with Crippen molar-refractivity contribution >= 4 is 17.4 Å². The second kappa shape index (κ2) is 5.36. The first-order valence-electron chi connectivity index (χ1n) is 6.52. The summed E-state index contributed by atoms with van der Waals surface area (Å²) < 4.78 is 5.51. The van der Waals surface area contributed by atoms with Crippen molar-refractivity contribution in [2.24, 2.45) is 0 Å². The van der Waals surface area contributed by atoms with Crippen molar-refractivity contribution in [3.63, 3.8) is 0 Å². The van der Waals surface area contributed by atoms with E-state index < -0.39 is 17.6 Å². The molecule has 0 aliphatic carbocycles. The van der Waals surface area contributed by atoms with Crippen LogP contribution in [0.3, 0.4) is 0 Å². The Morgan fingerprint density at radius 2 is 1.75 bits per heavy atom. The van der Waals surface area contributed by atoms with E-state index in [9.17, 15) is 14.7 Å². The maximum atomic E-state index is 12.1. The van der Waals surface area contributed by atoms with Crippen LogP contribution in [0.25, 0.3) is 5.57 Å². The van der Waals surface area contributed by atoms with Crippen LogP contribution in [0.5, 0.6) is 5.75 Å². The van der Waals surface area contributed by atoms with Crippen molar-refractivity contribution < 1.29 is 19.4 Å². The molecule has 0 spiro atoms. The summed E-state index contributed by atoms with van der Waals surface area (Å²) in [7, 11) is 0. The molecule has 106 valence electrons. The lowest BCUT2D eigenvalue weighted by Crippen LogP contribution is -2.31. The molecule has 0 bridgehead atoms. The highest BCUT2D eigenvalue weighted by molar-refractivity contribution is 6.34. The van der Waals surface area contributed by atoms with E-state index in [1.54, 1.807) is 31.2 Å². The van der Waals surface area contributed by atoms with Crippen LogP contribution < -0.4 is 4.74 Å². The fourth-order valence-electron chi connectivity index (χ4n) is 2.08. The number of aliphatic hydroxyl groups excluding tert-OH is 1. The van der Waals surface area contributed by atoms with Crippen LogP contribution in [0.15, 0.2) is 30.0 Å². The number of hydrogen-bond acceptors (Lipinski definition) is 4. The Bertz CT molecular complexity index is 572. The van der Waals surface area contributed by atoms with Crippen LogP contribution in [-0.2, 0) is 9.59 Å². The van der Waals surface area contributed by atoms with Gasteiger partial charge in [0.05, 0.1) is 11.7 Å². The number of benzene rings is 1. The molecule has 0 fully saturated rings. The van der Waals surface area contributed by atoms with E-state index in [0.717, 1.165) is 4.90 Å². The number of carbonyl (C=O) groups is 2. The zero-order valence-electron chi connectivity index (χ0n) is 11.7. The van der Waals surface area contributed by atoms with Crippen molar-refractivity contribution in [2.45, 2.75) is 26.9 Å². The summed E-state index contributed by atoms with van der Waals surface area (Å²) in [6.45, 7) is 5.76. The van der Waals surface area contributed by atoms with Crippen molar-refractivity contribution in [2.75, 3.05) is 6.54 Å². The molecule has 1 aliphatic rings. The van der Waals surface area contributed by atoms with Gasteiger partial charge in [0, 0.05) is 6.54 Å². The van der Waals surface area contributed by atoms with E-state index in [1.807, 2.05) is 13.8 Å². The van der Waals surface area contributed by atoms with Gasteiger partial charge in [0.15, 0.2) is 5.76 Å². The Morgan fingerprint density at radius 1 is 1.15 bits per heavy atom. The van der Waals surface area contributed by atoms with Crippen molar-refractivity contribution in [3.8, 4) is 5.75 Å². The number of aliphatic hydroxyl groups is 1. The van der Waals surface area contributed by atoms with Gasteiger partial charge < -0.3 is 9.84 Å². The topological polar surface area (TPSA) is 66.8 Å². The molecule has 1 aromatic carbocycles. The number of likely N-dealkylation sites (N-methyl/N-ethyl adjacent to an activating group) is 1. The molecule has 0 aromatic heterocycles. The van der Waals surface area contributed by atoms with E-state index in [0.29, 0.717) is 11.3 Å². The summed E-state index contributed by atoms with van der Waals surface area (Å²) >= 11 is 0. The van der Waals surface area contributed by atoms with Crippen molar-refractivity contribution in [1.82, 2.24) is 4.90 Å². The molecule has 1 heterocycles. The highest BCUT2D eigenvalue weighted by Gasteiger charge is 2.38. The standard InChI is InChI=1S/C15H17NO4/c1-4-16-14(18)12(13(17)15(16)19)10-5-7-11(8-6-10)20-9(2)3/h5-9,17H,4H2,1-3H3. The zero-order chi connectivity index (χ0) is 14.9. The quantitative estimate of drug-likeness (QED) is 0.855. The van der Waals surface area contributed by atoms with Gasteiger partial charge in [-0.25, -0.2) is 0 Å². The van der Waals surface area contributed by atoms with Gasteiger partial charge in [0.25, 0.3) is 11.8 Å². The van der Waals surface area contributed by atoms with Crippen LogP contribution in [0.1, 0.15) is 26.3 Å². The van der Waals surface area contributed by atoms with E-state index in [-0.39, 0.29) is 18.2 Å². The maximum Gasteiger partial charge on any atom is 0.296 e. The average Bonchev–Trinajstić information content (AvgIpc) is 2.61. The molecule has 1 aromatic rings. The van der Waals surface area contributed by atoms with Gasteiger partial charge in [-0.3, -0.25) is 14.5 Å². The number of rotatable bonds is 4. The molecule has 1 aliphatic heterocycles. The summed E-state index contributed by atoms with van der Waals surface area (Å²) in [6.07, 6.45) is 0.0544. The first-order chi connectivity index (χ1) is 9.45. The largest absolute Gasteiger partial charge is 0.502 e. The first-order valence-corrected chi connectivity index (χ1v) is 6.52. The average molecular weight is 275 g/mol. The van der Waals surface area contributed by atoms with E-state index >= 15 is 0 Å². The lowest BCUT2D eigenvalue weighted by molar-refractivity contribution is -0.137. The lowest BCUT2D eigenvalue weighted by atomic mass is 10.1. The minimum absolute atomic E-state index is 0.0490. The monoisotopic (exact) mass is 275 g/mol. The van der Waals surface area contributed by atoms with Gasteiger partial charge in [0.1, 0.15) is 5.75 Å². The molecule has 1 N–H and O–H groups in total. The Hall–Kier alpha value is -2.30. The number of imide groups is 1.